The normalized spacial score (nSPS) is 14.8. The maximum absolute atomic E-state index is 7.88. The van der Waals surface area contributed by atoms with E-state index in [1.807, 2.05) is 6.92 Å². The maximum Gasteiger partial charge on any atom is 0.0428 e. The minimum Gasteiger partial charge on any atom is -0.396 e. The minimum absolute atomic E-state index is 0.319. The average Bonchev–Trinajstić information content (AvgIpc) is 2.24. The maximum atomic E-state index is 7.88. The van der Waals surface area contributed by atoms with Gasteiger partial charge in [-0.25, -0.2) is 5.48 Å². The first-order chi connectivity index (χ1) is 7.13. The third kappa shape index (κ3) is 13.6. The molecule has 0 aliphatic heterocycles. The molecular formula is C12H27NO2. The molecule has 0 bridgehead atoms. The van der Waals surface area contributed by atoms with Crippen LogP contribution < -0.4 is 5.48 Å². The Morgan fingerprint density at radius 1 is 1.13 bits per heavy atom. The number of aliphatic hydroxyl groups excluding tert-OH is 1. The first-order valence-corrected chi connectivity index (χ1v) is 5.70. The lowest BCUT2D eigenvalue weighted by molar-refractivity contribution is 0.194. The molecule has 3 N–H and O–H groups in total. The molecule has 0 aromatic heterocycles. The molecule has 0 aromatic carbocycles. The Hall–Kier alpha value is -0.380. The molecule has 0 aromatic rings. The van der Waals surface area contributed by atoms with Crippen LogP contribution in [0, 0.1) is 0 Å². The Morgan fingerprint density at radius 2 is 1.40 bits per heavy atom. The number of hydrogen-bond donors (Lipinski definition) is 3. The van der Waals surface area contributed by atoms with Crippen molar-refractivity contribution in [2.45, 2.75) is 52.9 Å². The highest BCUT2D eigenvalue weighted by atomic mass is 16.5. The van der Waals surface area contributed by atoms with E-state index in [-0.39, 0.29) is 0 Å². The highest BCUT2D eigenvalue weighted by Gasteiger charge is 2.02. The number of rotatable bonds is 1. The summed E-state index contributed by atoms with van der Waals surface area (Å²) in [6.07, 6.45) is 6.42. The lowest BCUT2D eigenvalue weighted by Crippen LogP contribution is -1.92. The van der Waals surface area contributed by atoms with Crippen molar-refractivity contribution < 1.29 is 10.3 Å². The first kappa shape index (κ1) is 17.0. The van der Waals surface area contributed by atoms with Gasteiger partial charge in [0.15, 0.2) is 0 Å². The van der Waals surface area contributed by atoms with Gasteiger partial charge in [-0.05, 0) is 46.0 Å². The average molecular weight is 217 g/mol. The smallest absolute Gasteiger partial charge is 0.0428 e. The molecule has 0 amide bonds. The second-order valence-electron chi connectivity index (χ2n) is 3.71. The first-order valence-electron chi connectivity index (χ1n) is 5.70. The Kier molecular flexibility index (Phi) is 15.5. The van der Waals surface area contributed by atoms with E-state index in [9.17, 15) is 0 Å². The van der Waals surface area contributed by atoms with Gasteiger partial charge >= 0.3 is 0 Å². The molecule has 0 unspecified atom stereocenters. The van der Waals surface area contributed by atoms with E-state index in [2.05, 4.69) is 13.8 Å². The van der Waals surface area contributed by atoms with Crippen LogP contribution in [0.3, 0.4) is 0 Å². The Balaban J connectivity index is 0. The summed E-state index contributed by atoms with van der Waals surface area (Å²) in [4.78, 5) is 0. The molecular weight excluding hydrogens is 190 g/mol. The van der Waals surface area contributed by atoms with Crippen LogP contribution in [0.15, 0.2) is 11.1 Å². The predicted octanol–water partition coefficient (Wildman–Crippen LogP) is 2.88. The van der Waals surface area contributed by atoms with Crippen LogP contribution >= 0.6 is 0 Å². The van der Waals surface area contributed by atoms with E-state index in [0.29, 0.717) is 6.61 Å². The van der Waals surface area contributed by atoms with Crippen LogP contribution in [0.1, 0.15) is 52.9 Å². The molecule has 3 heteroatoms. The second-order valence-corrected chi connectivity index (χ2v) is 3.71. The topological polar surface area (TPSA) is 52.5 Å². The van der Waals surface area contributed by atoms with Gasteiger partial charge in [-0.15, -0.1) is 0 Å². The van der Waals surface area contributed by atoms with Crippen molar-refractivity contribution in [2.75, 3.05) is 13.7 Å². The number of allylic oxidation sites excluding steroid dienone is 2. The summed E-state index contributed by atoms with van der Waals surface area (Å²) in [5.74, 6) is 0. The minimum atomic E-state index is 0.319. The second kappa shape index (κ2) is 13.6. The Bertz CT molecular complexity index is 140. The van der Waals surface area contributed by atoms with E-state index in [4.69, 9.17) is 10.3 Å². The molecule has 0 heterocycles. The lowest BCUT2D eigenvalue weighted by atomic mass is 9.94. The van der Waals surface area contributed by atoms with Crippen LogP contribution in [0.2, 0.25) is 0 Å². The molecule has 0 fully saturated rings. The largest absolute Gasteiger partial charge is 0.396 e. The summed E-state index contributed by atoms with van der Waals surface area (Å²) in [7, 11) is 1.43. The zero-order valence-electron chi connectivity index (χ0n) is 10.6. The molecule has 15 heavy (non-hydrogen) atoms. The van der Waals surface area contributed by atoms with E-state index in [0.717, 1.165) is 6.42 Å². The number of hydroxylamine groups is 1. The summed E-state index contributed by atoms with van der Waals surface area (Å²) in [5.41, 5.74) is 5.02. The van der Waals surface area contributed by atoms with Crippen LogP contribution in [0.4, 0.5) is 0 Å². The summed E-state index contributed by atoms with van der Waals surface area (Å²) in [6.45, 7) is 6.77. The predicted molar refractivity (Wildman–Crippen MR) is 65.1 cm³/mol. The summed E-state index contributed by atoms with van der Waals surface area (Å²) >= 11 is 0. The van der Waals surface area contributed by atoms with Gasteiger partial charge in [0.05, 0.1) is 0 Å². The van der Waals surface area contributed by atoms with Gasteiger partial charge in [-0.3, -0.25) is 0 Å². The fourth-order valence-electron chi connectivity index (χ4n) is 1.21. The van der Waals surface area contributed by atoms with Gasteiger partial charge < -0.3 is 10.3 Å². The molecule has 0 atom stereocenters. The van der Waals surface area contributed by atoms with Crippen LogP contribution in [0.25, 0.3) is 0 Å². The summed E-state index contributed by atoms with van der Waals surface area (Å²) in [5, 5.41) is 15.2. The van der Waals surface area contributed by atoms with E-state index < -0.39 is 0 Å². The molecule has 1 aliphatic rings. The van der Waals surface area contributed by atoms with Crippen LogP contribution in [-0.4, -0.2) is 24.0 Å². The van der Waals surface area contributed by atoms with Gasteiger partial charge in [0.2, 0.25) is 0 Å². The lowest BCUT2D eigenvalue weighted by Gasteiger charge is -2.12. The molecule has 1 rings (SSSR count). The van der Waals surface area contributed by atoms with Crippen molar-refractivity contribution in [1.82, 2.24) is 5.48 Å². The van der Waals surface area contributed by atoms with Gasteiger partial charge in [0, 0.05) is 13.7 Å². The molecule has 92 valence electrons. The standard InChI is InChI=1S/C8H14.C3H8O.CH5NO/c1-7-5-3-4-6-8(7)2;1-2-3-4;1-2-3/h3-6H2,1-2H3;4H,2-3H2,1H3;2-3H,1H3. The zero-order chi connectivity index (χ0) is 12.1. The van der Waals surface area contributed by atoms with E-state index in [1.165, 1.54) is 32.7 Å². The van der Waals surface area contributed by atoms with Crippen molar-refractivity contribution in [3.63, 3.8) is 0 Å². The van der Waals surface area contributed by atoms with Crippen molar-refractivity contribution in [2.24, 2.45) is 0 Å². The van der Waals surface area contributed by atoms with Gasteiger partial charge in [0.25, 0.3) is 0 Å². The number of hydrogen-bond acceptors (Lipinski definition) is 3. The number of aliphatic hydroxyl groups is 1. The summed E-state index contributed by atoms with van der Waals surface area (Å²) < 4.78 is 0. The van der Waals surface area contributed by atoms with Gasteiger partial charge in [0.1, 0.15) is 0 Å². The zero-order valence-corrected chi connectivity index (χ0v) is 10.6. The molecule has 0 spiro atoms. The van der Waals surface area contributed by atoms with Crippen molar-refractivity contribution in [1.29, 1.82) is 0 Å². The van der Waals surface area contributed by atoms with Crippen LogP contribution in [0.5, 0.6) is 0 Å². The summed E-state index contributed by atoms with van der Waals surface area (Å²) in [6, 6.07) is 0. The Labute approximate surface area is 94.2 Å². The fourth-order valence-corrected chi connectivity index (χ4v) is 1.21. The van der Waals surface area contributed by atoms with Gasteiger partial charge in [-0.1, -0.05) is 18.1 Å². The monoisotopic (exact) mass is 217 g/mol. The highest BCUT2D eigenvalue weighted by molar-refractivity contribution is 5.11. The molecule has 0 saturated heterocycles. The molecule has 3 nitrogen and oxygen atoms in total. The highest BCUT2D eigenvalue weighted by Crippen LogP contribution is 2.22. The molecule has 1 aliphatic carbocycles. The van der Waals surface area contributed by atoms with E-state index in [1.54, 1.807) is 16.6 Å². The molecule has 0 radical (unpaired) electrons. The third-order valence-electron chi connectivity index (χ3n) is 2.31. The Morgan fingerprint density at radius 3 is 1.53 bits per heavy atom. The van der Waals surface area contributed by atoms with Crippen LogP contribution in [-0.2, 0) is 0 Å². The SMILES string of the molecule is CC1=C(C)CCCC1.CCCO.CNO. The quantitative estimate of drug-likeness (QED) is 0.467. The van der Waals surface area contributed by atoms with E-state index >= 15 is 0 Å². The van der Waals surface area contributed by atoms with Crippen molar-refractivity contribution >= 4 is 0 Å². The third-order valence-corrected chi connectivity index (χ3v) is 2.31. The fraction of sp³-hybridized carbons (Fsp3) is 0.833. The van der Waals surface area contributed by atoms with Crippen molar-refractivity contribution in [3.05, 3.63) is 11.1 Å². The molecule has 0 saturated carbocycles. The van der Waals surface area contributed by atoms with Crippen molar-refractivity contribution in [3.8, 4) is 0 Å². The number of nitrogens with one attached hydrogen (secondary N) is 1. The van der Waals surface area contributed by atoms with Gasteiger partial charge in [-0.2, -0.15) is 0 Å².